The van der Waals surface area contributed by atoms with Gasteiger partial charge in [0.05, 0.1) is 4.92 Å². The van der Waals surface area contributed by atoms with Crippen LogP contribution < -0.4 is 10.5 Å². The summed E-state index contributed by atoms with van der Waals surface area (Å²) in [6.45, 7) is 0.841. The molecule has 110 valence electrons. The van der Waals surface area contributed by atoms with E-state index in [4.69, 9.17) is 10.5 Å². The molecule has 21 heavy (non-hydrogen) atoms. The lowest BCUT2D eigenvalue weighted by atomic mass is 10.1. The van der Waals surface area contributed by atoms with Gasteiger partial charge in [-0.3, -0.25) is 10.1 Å². The smallest absolute Gasteiger partial charge is 0.283 e. The largest absolute Gasteiger partial charge is 0.489 e. The molecule has 0 bridgehead atoms. The number of nitro groups is 1. The number of nitrogens with zero attached hydrogens (tertiary/aromatic N) is 1. The number of nitrogens with two attached hydrogens (primary N) is 1. The van der Waals surface area contributed by atoms with E-state index >= 15 is 0 Å². The molecule has 0 unspecified atom stereocenters. The van der Waals surface area contributed by atoms with Crippen molar-refractivity contribution >= 4 is 21.6 Å². The molecule has 0 saturated carbocycles. The van der Waals surface area contributed by atoms with Crippen LogP contribution in [0.15, 0.2) is 46.9 Å². The summed E-state index contributed by atoms with van der Waals surface area (Å²) in [7, 11) is 0. The van der Waals surface area contributed by atoms with Crippen LogP contribution in [0.5, 0.6) is 5.75 Å². The SMILES string of the molecule is NCCc1cccc(OCc2cccc([N+](=O)[O-])c2Br)c1. The lowest BCUT2D eigenvalue weighted by Gasteiger charge is -2.09. The maximum absolute atomic E-state index is 10.9. The van der Waals surface area contributed by atoms with E-state index in [0.717, 1.165) is 23.3 Å². The second-order valence-electron chi connectivity index (χ2n) is 4.48. The molecule has 0 atom stereocenters. The summed E-state index contributed by atoms with van der Waals surface area (Å²) in [5.41, 5.74) is 7.40. The quantitative estimate of drug-likeness (QED) is 0.639. The second kappa shape index (κ2) is 7.19. The van der Waals surface area contributed by atoms with Crippen LogP contribution in [0.25, 0.3) is 0 Å². The summed E-state index contributed by atoms with van der Waals surface area (Å²) in [4.78, 5) is 10.5. The number of halogens is 1. The fourth-order valence-electron chi connectivity index (χ4n) is 1.94. The molecule has 0 aliphatic rings. The third-order valence-corrected chi connectivity index (χ3v) is 3.90. The summed E-state index contributed by atoms with van der Waals surface area (Å²) in [5.74, 6) is 0.722. The Labute approximate surface area is 131 Å². The zero-order chi connectivity index (χ0) is 15.2. The van der Waals surface area contributed by atoms with Crippen LogP contribution in [-0.4, -0.2) is 11.5 Å². The Morgan fingerprint density at radius 3 is 2.71 bits per heavy atom. The molecule has 2 N–H and O–H groups in total. The molecule has 0 radical (unpaired) electrons. The van der Waals surface area contributed by atoms with E-state index in [-0.39, 0.29) is 12.3 Å². The second-order valence-corrected chi connectivity index (χ2v) is 5.28. The number of rotatable bonds is 6. The minimum Gasteiger partial charge on any atom is -0.489 e. The van der Waals surface area contributed by atoms with E-state index in [2.05, 4.69) is 15.9 Å². The van der Waals surface area contributed by atoms with Crippen molar-refractivity contribution in [2.45, 2.75) is 13.0 Å². The van der Waals surface area contributed by atoms with Crippen LogP contribution in [-0.2, 0) is 13.0 Å². The standard InChI is InChI=1S/C15H15BrN2O3/c16-15-12(4-2-6-14(15)18(19)20)10-21-13-5-1-3-11(9-13)7-8-17/h1-6,9H,7-8,10,17H2. The van der Waals surface area contributed by atoms with Crippen molar-refractivity contribution in [1.29, 1.82) is 0 Å². The van der Waals surface area contributed by atoms with E-state index in [1.54, 1.807) is 12.1 Å². The van der Waals surface area contributed by atoms with E-state index in [1.165, 1.54) is 6.07 Å². The first kappa shape index (κ1) is 15.5. The molecule has 2 aromatic rings. The number of nitro benzene ring substituents is 1. The van der Waals surface area contributed by atoms with Gasteiger partial charge in [0.2, 0.25) is 0 Å². The van der Waals surface area contributed by atoms with E-state index in [1.807, 2.05) is 24.3 Å². The van der Waals surface area contributed by atoms with Gasteiger partial charge >= 0.3 is 0 Å². The number of benzene rings is 2. The molecule has 0 saturated heterocycles. The Morgan fingerprint density at radius 2 is 2.00 bits per heavy atom. The molecule has 0 amide bonds. The third kappa shape index (κ3) is 4.03. The monoisotopic (exact) mass is 350 g/mol. The van der Waals surface area contributed by atoms with Gasteiger partial charge in [0, 0.05) is 11.6 Å². The number of hydrogen-bond acceptors (Lipinski definition) is 4. The molecule has 0 spiro atoms. The number of hydrogen-bond donors (Lipinski definition) is 1. The fourth-order valence-corrected chi connectivity index (χ4v) is 2.46. The van der Waals surface area contributed by atoms with Gasteiger partial charge < -0.3 is 10.5 Å². The first-order valence-electron chi connectivity index (χ1n) is 6.45. The molecule has 2 aromatic carbocycles. The molecule has 0 aromatic heterocycles. The zero-order valence-electron chi connectivity index (χ0n) is 11.3. The highest BCUT2D eigenvalue weighted by atomic mass is 79.9. The molecule has 2 rings (SSSR count). The first-order valence-corrected chi connectivity index (χ1v) is 7.24. The van der Waals surface area contributed by atoms with Crippen molar-refractivity contribution in [3.8, 4) is 5.75 Å². The van der Waals surface area contributed by atoms with Crippen molar-refractivity contribution < 1.29 is 9.66 Å². The molecule has 0 fully saturated rings. The summed E-state index contributed by atoms with van der Waals surface area (Å²) in [5, 5.41) is 10.9. The zero-order valence-corrected chi connectivity index (χ0v) is 12.9. The van der Waals surface area contributed by atoms with Gasteiger partial charge in [0.25, 0.3) is 5.69 Å². The maximum atomic E-state index is 10.9. The Kier molecular flexibility index (Phi) is 5.30. The fraction of sp³-hybridized carbons (Fsp3) is 0.200. The van der Waals surface area contributed by atoms with Gasteiger partial charge in [-0.05, 0) is 46.6 Å². The first-order chi connectivity index (χ1) is 10.1. The summed E-state index contributed by atoms with van der Waals surface area (Å²) in [6, 6.07) is 12.6. The van der Waals surface area contributed by atoms with Gasteiger partial charge in [-0.1, -0.05) is 24.3 Å². The molecule has 0 aliphatic heterocycles. The Balaban J connectivity index is 2.11. The lowest BCUT2D eigenvalue weighted by Crippen LogP contribution is -2.03. The van der Waals surface area contributed by atoms with Gasteiger partial charge in [0.15, 0.2) is 0 Å². The van der Waals surface area contributed by atoms with Gasteiger partial charge in [-0.15, -0.1) is 0 Å². The van der Waals surface area contributed by atoms with E-state index in [0.29, 0.717) is 11.0 Å². The highest BCUT2D eigenvalue weighted by Crippen LogP contribution is 2.29. The molecule has 0 aliphatic carbocycles. The van der Waals surface area contributed by atoms with Crippen LogP contribution in [0.4, 0.5) is 5.69 Å². The van der Waals surface area contributed by atoms with Crippen LogP contribution >= 0.6 is 15.9 Å². The average Bonchev–Trinajstić information content (AvgIpc) is 2.46. The van der Waals surface area contributed by atoms with Crippen molar-refractivity contribution in [2.24, 2.45) is 5.73 Å². The van der Waals surface area contributed by atoms with Gasteiger partial charge in [-0.2, -0.15) is 0 Å². The predicted molar refractivity (Wildman–Crippen MR) is 84.3 cm³/mol. The third-order valence-electron chi connectivity index (χ3n) is 2.98. The predicted octanol–water partition coefficient (Wildman–Crippen LogP) is 3.44. The molecular weight excluding hydrogens is 336 g/mol. The molecule has 0 heterocycles. The van der Waals surface area contributed by atoms with Crippen LogP contribution in [0, 0.1) is 10.1 Å². The van der Waals surface area contributed by atoms with Crippen molar-refractivity contribution in [3.63, 3.8) is 0 Å². The Morgan fingerprint density at radius 1 is 1.24 bits per heavy atom. The summed E-state index contributed by atoms with van der Waals surface area (Å²) < 4.78 is 6.15. The Bertz CT molecular complexity index is 647. The van der Waals surface area contributed by atoms with E-state index in [9.17, 15) is 10.1 Å². The minimum absolute atomic E-state index is 0.0352. The van der Waals surface area contributed by atoms with Crippen LogP contribution in [0.1, 0.15) is 11.1 Å². The van der Waals surface area contributed by atoms with E-state index < -0.39 is 4.92 Å². The lowest BCUT2D eigenvalue weighted by molar-refractivity contribution is -0.385. The maximum Gasteiger partial charge on any atom is 0.283 e. The highest BCUT2D eigenvalue weighted by Gasteiger charge is 2.14. The minimum atomic E-state index is -0.421. The van der Waals surface area contributed by atoms with Crippen LogP contribution in [0.2, 0.25) is 0 Å². The van der Waals surface area contributed by atoms with Crippen molar-refractivity contribution in [3.05, 3.63) is 68.2 Å². The normalized spacial score (nSPS) is 10.4. The highest BCUT2D eigenvalue weighted by molar-refractivity contribution is 9.10. The number of ether oxygens (including phenoxy) is 1. The summed E-state index contributed by atoms with van der Waals surface area (Å²) in [6.07, 6.45) is 0.789. The van der Waals surface area contributed by atoms with Gasteiger partial charge in [0.1, 0.15) is 16.8 Å². The molecule has 6 heteroatoms. The van der Waals surface area contributed by atoms with Crippen LogP contribution in [0.3, 0.4) is 0 Å². The topological polar surface area (TPSA) is 78.4 Å². The van der Waals surface area contributed by atoms with Gasteiger partial charge in [-0.25, -0.2) is 0 Å². The van der Waals surface area contributed by atoms with Crippen molar-refractivity contribution in [1.82, 2.24) is 0 Å². The molecular formula is C15H15BrN2O3. The average molecular weight is 351 g/mol. The van der Waals surface area contributed by atoms with Crippen molar-refractivity contribution in [2.75, 3.05) is 6.54 Å². The summed E-state index contributed by atoms with van der Waals surface area (Å²) >= 11 is 3.26. The molecule has 5 nitrogen and oxygen atoms in total. The Hall–Kier alpha value is -1.92.